The summed E-state index contributed by atoms with van der Waals surface area (Å²) in [5, 5.41) is 0. The summed E-state index contributed by atoms with van der Waals surface area (Å²) in [6, 6.07) is 3.41. The maximum Gasteiger partial charge on any atom is 0.257 e. The third-order valence-corrected chi connectivity index (χ3v) is 2.64. The minimum absolute atomic E-state index is 0.0744. The van der Waals surface area contributed by atoms with Crippen molar-refractivity contribution < 1.29 is 4.79 Å². The molecule has 2 N–H and O–H groups in total. The van der Waals surface area contributed by atoms with E-state index in [1.54, 1.807) is 42.0 Å². The minimum atomic E-state index is -0.0744. The van der Waals surface area contributed by atoms with E-state index in [0.717, 1.165) is 5.75 Å². The summed E-state index contributed by atoms with van der Waals surface area (Å²) in [4.78, 5) is 17.4. The maximum atomic E-state index is 11.9. The molecule has 0 unspecified atom stereocenters. The summed E-state index contributed by atoms with van der Waals surface area (Å²) in [6.45, 7) is 0.717. The number of amides is 1. The minimum Gasteiger partial charge on any atom is -0.383 e. The number of anilines is 1. The smallest absolute Gasteiger partial charge is 0.257 e. The number of hydrogen-bond acceptors (Lipinski definition) is 4. The van der Waals surface area contributed by atoms with Gasteiger partial charge in [0.2, 0.25) is 0 Å². The van der Waals surface area contributed by atoms with Gasteiger partial charge < -0.3 is 10.6 Å². The predicted molar refractivity (Wildman–Crippen MR) is 64.0 cm³/mol. The van der Waals surface area contributed by atoms with Gasteiger partial charge in [0, 0.05) is 25.5 Å². The number of aromatic nitrogens is 1. The van der Waals surface area contributed by atoms with E-state index in [0.29, 0.717) is 17.9 Å². The quantitative estimate of drug-likeness (QED) is 0.833. The Morgan fingerprint density at radius 2 is 2.40 bits per heavy atom. The fraction of sp³-hybridized carbons (Fsp3) is 0.400. The van der Waals surface area contributed by atoms with Gasteiger partial charge in [-0.25, -0.2) is 4.98 Å². The summed E-state index contributed by atoms with van der Waals surface area (Å²) < 4.78 is 0. The van der Waals surface area contributed by atoms with Crippen LogP contribution in [-0.2, 0) is 0 Å². The van der Waals surface area contributed by atoms with Gasteiger partial charge in [-0.2, -0.15) is 11.8 Å². The maximum absolute atomic E-state index is 11.9. The summed E-state index contributed by atoms with van der Waals surface area (Å²) in [5.74, 6) is 1.13. The lowest BCUT2D eigenvalue weighted by Gasteiger charge is -2.16. The highest BCUT2D eigenvalue weighted by Gasteiger charge is 2.14. The molecule has 5 heteroatoms. The summed E-state index contributed by atoms with van der Waals surface area (Å²) >= 11 is 1.71. The van der Waals surface area contributed by atoms with Crippen molar-refractivity contribution in [2.45, 2.75) is 0 Å². The van der Waals surface area contributed by atoms with E-state index in [1.807, 2.05) is 6.26 Å². The highest BCUT2D eigenvalue weighted by Crippen LogP contribution is 2.09. The Morgan fingerprint density at radius 3 is 3.00 bits per heavy atom. The number of hydrogen-bond donors (Lipinski definition) is 1. The molecule has 0 spiro atoms. The molecule has 0 atom stereocenters. The van der Waals surface area contributed by atoms with Crippen molar-refractivity contribution in [2.75, 3.05) is 31.3 Å². The largest absolute Gasteiger partial charge is 0.383 e. The van der Waals surface area contributed by atoms with E-state index in [9.17, 15) is 4.79 Å². The average Bonchev–Trinajstić information content (AvgIpc) is 2.25. The predicted octanol–water partition coefficient (Wildman–Crippen LogP) is 1.10. The summed E-state index contributed by atoms with van der Waals surface area (Å²) in [5.41, 5.74) is 6.10. The molecule has 0 aromatic carbocycles. The zero-order valence-corrected chi connectivity index (χ0v) is 9.75. The van der Waals surface area contributed by atoms with Crippen LogP contribution in [0.15, 0.2) is 18.3 Å². The van der Waals surface area contributed by atoms with Gasteiger partial charge >= 0.3 is 0 Å². The Hall–Kier alpha value is -1.23. The Balaban J connectivity index is 2.72. The van der Waals surface area contributed by atoms with Crippen LogP contribution in [0.1, 0.15) is 10.4 Å². The number of thioether (sulfide) groups is 1. The molecule has 0 bridgehead atoms. The van der Waals surface area contributed by atoms with E-state index in [2.05, 4.69) is 4.98 Å². The number of nitrogen functional groups attached to an aromatic ring is 1. The number of carbonyl (C=O) groups excluding carboxylic acids is 1. The second-order valence-electron chi connectivity index (χ2n) is 3.16. The molecule has 0 saturated carbocycles. The van der Waals surface area contributed by atoms with Crippen LogP contribution >= 0.6 is 11.8 Å². The molecule has 15 heavy (non-hydrogen) atoms. The third-order valence-electron chi connectivity index (χ3n) is 2.05. The Kier molecular flexibility index (Phi) is 4.42. The molecular formula is C10H15N3OS. The molecule has 0 fully saturated rings. The zero-order chi connectivity index (χ0) is 11.3. The second-order valence-corrected chi connectivity index (χ2v) is 4.14. The SMILES string of the molecule is CSCCN(C)C(=O)c1cccnc1N. The van der Waals surface area contributed by atoms with Gasteiger partial charge in [-0.15, -0.1) is 0 Å². The highest BCUT2D eigenvalue weighted by atomic mass is 32.2. The van der Waals surface area contributed by atoms with Gasteiger partial charge in [-0.05, 0) is 18.4 Å². The molecule has 1 rings (SSSR count). The average molecular weight is 225 g/mol. The number of rotatable bonds is 4. The molecule has 1 aromatic rings. The fourth-order valence-electron chi connectivity index (χ4n) is 1.13. The molecule has 1 aromatic heterocycles. The number of nitrogens with zero attached hydrogens (tertiary/aromatic N) is 2. The topological polar surface area (TPSA) is 59.2 Å². The Morgan fingerprint density at radius 1 is 1.67 bits per heavy atom. The van der Waals surface area contributed by atoms with Gasteiger partial charge in [0.05, 0.1) is 5.56 Å². The Bertz CT molecular complexity index is 343. The number of carbonyl (C=O) groups is 1. The third kappa shape index (κ3) is 3.13. The molecule has 0 radical (unpaired) electrons. The normalized spacial score (nSPS) is 10.0. The van der Waals surface area contributed by atoms with Crippen molar-refractivity contribution in [2.24, 2.45) is 0 Å². The van der Waals surface area contributed by atoms with Gasteiger partial charge in [-0.3, -0.25) is 4.79 Å². The molecule has 1 heterocycles. The highest BCUT2D eigenvalue weighted by molar-refractivity contribution is 7.98. The second kappa shape index (κ2) is 5.60. The molecule has 82 valence electrons. The van der Waals surface area contributed by atoms with Crippen LogP contribution in [0.5, 0.6) is 0 Å². The monoisotopic (exact) mass is 225 g/mol. The summed E-state index contributed by atoms with van der Waals surface area (Å²) in [7, 11) is 1.77. The van der Waals surface area contributed by atoms with Gasteiger partial charge in [-0.1, -0.05) is 0 Å². The molecule has 4 nitrogen and oxygen atoms in total. The first-order valence-corrected chi connectivity index (χ1v) is 6.01. The van der Waals surface area contributed by atoms with E-state index >= 15 is 0 Å². The van der Waals surface area contributed by atoms with Crippen molar-refractivity contribution in [1.29, 1.82) is 0 Å². The van der Waals surface area contributed by atoms with E-state index in [1.165, 1.54) is 0 Å². The van der Waals surface area contributed by atoms with Crippen molar-refractivity contribution in [3.05, 3.63) is 23.9 Å². The number of nitrogens with two attached hydrogens (primary N) is 1. The zero-order valence-electron chi connectivity index (χ0n) is 8.93. The summed E-state index contributed by atoms with van der Waals surface area (Å²) in [6.07, 6.45) is 3.59. The lowest BCUT2D eigenvalue weighted by molar-refractivity contribution is 0.0804. The van der Waals surface area contributed by atoms with Crippen LogP contribution in [0, 0.1) is 0 Å². The molecule has 0 aliphatic heterocycles. The van der Waals surface area contributed by atoms with Crippen LogP contribution < -0.4 is 5.73 Å². The molecule has 0 saturated heterocycles. The lowest BCUT2D eigenvalue weighted by atomic mass is 10.2. The van der Waals surface area contributed by atoms with Crippen LogP contribution in [0.3, 0.4) is 0 Å². The fourth-order valence-corrected chi connectivity index (χ4v) is 1.59. The molecule has 0 aliphatic carbocycles. The van der Waals surface area contributed by atoms with Crippen molar-refractivity contribution >= 4 is 23.5 Å². The standard InChI is InChI=1S/C10H15N3OS/c1-13(6-7-15-2)10(14)8-4-3-5-12-9(8)11/h3-5H,6-7H2,1-2H3,(H2,11,12). The molecule has 1 amide bonds. The molecule has 0 aliphatic rings. The Labute approximate surface area is 93.9 Å². The van der Waals surface area contributed by atoms with Gasteiger partial charge in [0.15, 0.2) is 0 Å². The van der Waals surface area contributed by atoms with Crippen LogP contribution in [0.25, 0.3) is 0 Å². The van der Waals surface area contributed by atoms with E-state index < -0.39 is 0 Å². The first-order valence-electron chi connectivity index (χ1n) is 4.61. The van der Waals surface area contributed by atoms with Crippen LogP contribution in [0.2, 0.25) is 0 Å². The van der Waals surface area contributed by atoms with Crippen LogP contribution in [0.4, 0.5) is 5.82 Å². The first-order chi connectivity index (χ1) is 7.16. The van der Waals surface area contributed by atoms with E-state index in [-0.39, 0.29) is 5.91 Å². The first kappa shape index (κ1) is 11.8. The molecular weight excluding hydrogens is 210 g/mol. The van der Waals surface area contributed by atoms with Crippen LogP contribution in [-0.4, -0.2) is 41.4 Å². The van der Waals surface area contributed by atoms with Crippen molar-refractivity contribution in [1.82, 2.24) is 9.88 Å². The van der Waals surface area contributed by atoms with Crippen molar-refractivity contribution in [3.8, 4) is 0 Å². The van der Waals surface area contributed by atoms with Crippen molar-refractivity contribution in [3.63, 3.8) is 0 Å². The lowest BCUT2D eigenvalue weighted by Crippen LogP contribution is -2.29. The van der Waals surface area contributed by atoms with Gasteiger partial charge in [0.1, 0.15) is 5.82 Å². The van der Waals surface area contributed by atoms with Gasteiger partial charge in [0.25, 0.3) is 5.91 Å². The van der Waals surface area contributed by atoms with E-state index in [4.69, 9.17) is 5.73 Å². The number of pyridine rings is 1.